The first-order valence-electron chi connectivity index (χ1n) is 8.54. The van der Waals surface area contributed by atoms with Crippen LogP contribution in [0.4, 0.5) is 0 Å². The van der Waals surface area contributed by atoms with Crippen LogP contribution in [0.5, 0.6) is 5.75 Å². The van der Waals surface area contributed by atoms with Gasteiger partial charge in [-0.3, -0.25) is 4.79 Å². The zero-order chi connectivity index (χ0) is 18.4. The highest BCUT2D eigenvalue weighted by atomic mass is 35.5. The van der Waals surface area contributed by atoms with Crippen molar-refractivity contribution in [2.24, 2.45) is 0 Å². The number of carbonyl (C=O) groups excluding carboxylic acids is 1. The van der Waals surface area contributed by atoms with Crippen LogP contribution < -0.4 is 5.32 Å². The number of aromatic hydroxyl groups is 1. The summed E-state index contributed by atoms with van der Waals surface area (Å²) in [6.07, 6.45) is 5.00. The van der Waals surface area contributed by atoms with E-state index in [0.717, 1.165) is 17.5 Å². The van der Waals surface area contributed by atoms with Gasteiger partial charge in [-0.1, -0.05) is 35.9 Å². The van der Waals surface area contributed by atoms with Crippen molar-refractivity contribution in [1.29, 1.82) is 0 Å². The van der Waals surface area contributed by atoms with Gasteiger partial charge >= 0.3 is 0 Å². The van der Waals surface area contributed by atoms with Crippen molar-refractivity contribution in [3.63, 3.8) is 0 Å². The van der Waals surface area contributed by atoms with Gasteiger partial charge in [0.2, 0.25) is 5.91 Å². The highest BCUT2D eigenvalue weighted by molar-refractivity contribution is 6.30. The molecule has 0 aliphatic heterocycles. The third-order valence-electron chi connectivity index (χ3n) is 4.29. The molecule has 3 rings (SSSR count). The average molecular weight is 369 g/mol. The number of halogens is 1. The summed E-state index contributed by atoms with van der Waals surface area (Å²) in [7, 11) is 0. The maximum Gasteiger partial charge on any atom is 0.222 e. The second-order valence-corrected chi connectivity index (χ2v) is 6.60. The van der Waals surface area contributed by atoms with E-state index >= 15 is 0 Å². The van der Waals surface area contributed by atoms with Crippen LogP contribution in [-0.2, 0) is 11.2 Å². The van der Waals surface area contributed by atoms with Crippen LogP contribution in [0.1, 0.15) is 23.6 Å². The Balaban J connectivity index is 1.60. The lowest BCUT2D eigenvalue weighted by Gasteiger charge is -2.19. The molecule has 4 nitrogen and oxygen atoms in total. The van der Waals surface area contributed by atoms with Gasteiger partial charge in [-0.25, -0.2) is 0 Å². The maximum atomic E-state index is 12.4. The highest BCUT2D eigenvalue weighted by Crippen LogP contribution is 2.24. The molecular formula is C21H21ClN2O2. The molecule has 1 atom stereocenters. The van der Waals surface area contributed by atoms with Gasteiger partial charge in [0.05, 0.1) is 12.5 Å². The van der Waals surface area contributed by atoms with E-state index in [1.165, 1.54) is 0 Å². The highest BCUT2D eigenvalue weighted by Gasteiger charge is 2.17. The molecule has 0 saturated carbocycles. The topological polar surface area (TPSA) is 54.3 Å². The molecule has 0 fully saturated rings. The molecule has 1 amide bonds. The Morgan fingerprint density at radius 1 is 1.04 bits per heavy atom. The molecule has 0 aliphatic carbocycles. The molecular weight excluding hydrogens is 348 g/mol. The van der Waals surface area contributed by atoms with Gasteiger partial charge in [-0.2, -0.15) is 0 Å². The van der Waals surface area contributed by atoms with E-state index in [9.17, 15) is 9.90 Å². The molecule has 1 heterocycles. The average Bonchev–Trinajstić information content (AvgIpc) is 3.17. The van der Waals surface area contributed by atoms with Gasteiger partial charge in [0.1, 0.15) is 5.75 Å². The van der Waals surface area contributed by atoms with Crippen molar-refractivity contribution in [3.8, 4) is 5.75 Å². The maximum absolute atomic E-state index is 12.4. The molecule has 3 aromatic rings. The Kier molecular flexibility index (Phi) is 5.97. The number of nitrogens with zero attached hydrogens (tertiary/aromatic N) is 1. The number of amides is 1. The largest absolute Gasteiger partial charge is 0.508 e. The van der Waals surface area contributed by atoms with Gasteiger partial charge < -0.3 is 15.0 Å². The van der Waals surface area contributed by atoms with Crippen LogP contribution in [0.25, 0.3) is 0 Å². The number of hydrogen-bond donors (Lipinski definition) is 2. The third kappa shape index (κ3) is 4.90. The van der Waals surface area contributed by atoms with Gasteiger partial charge in [-0.15, -0.1) is 0 Å². The van der Waals surface area contributed by atoms with E-state index in [4.69, 9.17) is 11.6 Å². The lowest BCUT2D eigenvalue weighted by atomic mass is 10.0. The summed E-state index contributed by atoms with van der Waals surface area (Å²) in [4.78, 5) is 12.4. The summed E-state index contributed by atoms with van der Waals surface area (Å²) in [5, 5.41) is 13.0. The molecule has 0 bridgehead atoms. The minimum Gasteiger partial charge on any atom is -0.508 e. The quantitative estimate of drug-likeness (QED) is 0.657. The molecule has 0 saturated heterocycles. The van der Waals surface area contributed by atoms with E-state index in [1.54, 1.807) is 12.1 Å². The molecule has 134 valence electrons. The van der Waals surface area contributed by atoms with Crippen LogP contribution in [0.3, 0.4) is 0 Å². The third-order valence-corrected chi connectivity index (χ3v) is 4.55. The molecule has 26 heavy (non-hydrogen) atoms. The van der Waals surface area contributed by atoms with Crippen LogP contribution in [-0.4, -0.2) is 22.1 Å². The Hall–Kier alpha value is -2.72. The lowest BCUT2D eigenvalue weighted by molar-refractivity contribution is -0.121. The number of nitrogens with one attached hydrogen (secondary N) is 1. The molecule has 2 aromatic carbocycles. The summed E-state index contributed by atoms with van der Waals surface area (Å²) >= 11 is 5.98. The summed E-state index contributed by atoms with van der Waals surface area (Å²) in [6, 6.07) is 18.4. The zero-order valence-electron chi connectivity index (χ0n) is 14.3. The minimum atomic E-state index is -0.0732. The van der Waals surface area contributed by atoms with Crippen molar-refractivity contribution in [1.82, 2.24) is 9.88 Å². The molecule has 0 aliphatic rings. The summed E-state index contributed by atoms with van der Waals surface area (Å²) in [6.45, 7) is 0.558. The molecule has 5 heteroatoms. The SMILES string of the molecule is O=C(CC(c1ccc(Cl)cc1)n1cccc1)NCCc1ccc(O)cc1. The van der Waals surface area contributed by atoms with Crippen molar-refractivity contribution >= 4 is 17.5 Å². The first kappa shape index (κ1) is 18.1. The van der Waals surface area contributed by atoms with Gasteiger partial charge in [-0.05, 0) is 53.9 Å². The van der Waals surface area contributed by atoms with Crippen LogP contribution in [0, 0.1) is 0 Å². The van der Waals surface area contributed by atoms with Crippen molar-refractivity contribution in [2.75, 3.05) is 6.54 Å². The summed E-state index contributed by atoms with van der Waals surface area (Å²) in [5.74, 6) is 0.243. The molecule has 0 spiro atoms. The number of rotatable bonds is 7. The zero-order valence-corrected chi connectivity index (χ0v) is 15.1. The Morgan fingerprint density at radius 3 is 2.35 bits per heavy atom. The van der Waals surface area contributed by atoms with E-state index in [0.29, 0.717) is 18.0 Å². The first-order chi connectivity index (χ1) is 12.6. The smallest absolute Gasteiger partial charge is 0.222 e. The normalized spacial score (nSPS) is 11.9. The van der Waals surface area contributed by atoms with Crippen LogP contribution >= 0.6 is 11.6 Å². The van der Waals surface area contributed by atoms with E-state index in [2.05, 4.69) is 5.32 Å². The number of hydrogen-bond acceptors (Lipinski definition) is 2. The number of phenols is 1. The fourth-order valence-electron chi connectivity index (χ4n) is 2.89. The first-order valence-corrected chi connectivity index (χ1v) is 8.92. The summed E-state index contributed by atoms with van der Waals surface area (Å²) in [5.41, 5.74) is 2.11. The van der Waals surface area contributed by atoms with Gasteiger partial charge in [0.25, 0.3) is 0 Å². The van der Waals surface area contributed by atoms with Crippen LogP contribution in [0.2, 0.25) is 5.02 Å². The molecule has 1 aromatic heterocycles. The van der Waals surface area contributed by atoms with Crippen molar-refractivity contribution in [3.05, 3.63) is 89.2 Å². The molecule has 2 N–H and O–H groups in total. The minimum absolute atomic E-state index is 0.00238. The van der Waals surface area contributed by atoms with Crippen LogP contribution in [0.15, 0.2) is 73.1 Å². The second kappa shape index (κ2) is 8.59. The fourth-order valence-corrected chi connectivity index (χ4v) is 3.02. The van der Waals surface area contributed by atoms with Crippen molar-refractivity contribution in [2.45, 2.75) is 18.9 Å². The number of benzene rings is 2. The number of carbonyl (C=O) groups is 1. The standard InChI is InChI=1S/C21H21ClN2O2/c22-18-7-5-17(6-8-18)20(24-13-1-2-14-24)15-21(26)23-12-11-16-3-9-19(25)10-4-16/h1-10,13-14,20,25H,11-12,15H2,(H,23,26). The fraction of sp³-hybridized carbons (Fsp3) is 0.190. The molecule has 0 radical (unpaired) electrons. The number of aromatic nitrogens is 1. The van der Waals surface area contributed by atoms with E-state index in [1.807, 2.05) is 65.5 Å². The second-order valence-electron chi connectivity index (χ2n) is 6.17. The number of phenolic OH excluding ortho intramolecular Hbond substituents is 1. The van der Waals surface area contributed by atoms with Crippen molar-refractivity contribution < 1.29 is 9.90 Å². The predicted octanol–water partition coefficient (Wildman–Crippen LogP) is 4.19. The Bertz CT molecular complexity index is 827. The van der Waals surface area contributed by atoms with E-state index in [-0.39, 0.29) is 17.7 Å². The lowest BCUT2D eigenvalue weighted by Crippen LogP contribution is -2.28. The monoisotopic (exact) mass is 368 g/mol. The predicted molar refractivity (Wildman–Crippen MR) is 103 cm³/mol. The van der Waals surface area contributed by atoms with E-state index < -0.39 is 0 Å². The molecule has 1 unspecified atom stereocenters. The van der Waals surface area contributed by atoms with Gasteiger partial charge in [0, 0.05) is 24.0 Å². The Morgan fingerprint density at radius 2 is 1.69 bits per heavy atom. The van der Waals surface area contributed by atoms with Gasteiger partial charge in [0.15, 0.2) is 0 Å². The Labute approximate surface area is 158 Å². The summed E-state index contributed by atoms with van der Waals surface area (Å²) < 4.78 is 2.03.